The van der Waals surface area contributed by atoms with Crippen molar-refractivity contribution in [3.05, 3.63) is 35.0 Å². The van der Waals surface area contributed by atoms with Gasteiger partial charge in [-0.3, -0.25) is 4.90 Å². The largest absolute Gasteiger partial charge is 0.348 e. The van der Waals surface area contributed by atoms with Crippen LogP contribution in [0.25, 0.3) is 10.9 Å². The van der Waals surface area contributed by atoms with Crippen LogP contribution in [-0.4, -0.2) is 29.6 Å². The predicted octanol–water partition coefficient (Wildman–Crippen LogP) is 2.75. The quantitative estimate of drug-likeness (QED) is 0.911. The number of nitrogens with two attached hydrogens (primary N) is 1. The number of hydrogen-bond acceptors (Lipinski definition) is 2. The summed E-state index contributed by atoms with van der Waals surface area (Å²) in [7, 11) is 4.38. The first kappa shape index (κ1) is 13.7. The molecule has 2 N–H and O–H groups in total. The van der Waals surface area contributed by atoms with E-state index in [2.05, 4.69) is 55.6 Å². The smallest absolute Gasteiger partial charge is 0.0485 e. The van der Waals surface area contributed by atoms with E-state index in [1.807, 2.05) is 0 Å². The molecule has 20 heavy (non-hydrogen) atoms. The third kappa shape index (κ3) is 1.97. The Morgan fingerprint density at radius 3 is 2.65 bits per heavy atom. The van der Waals surface area contributed by atoms with E-state index >= 15 is 0 Å². The van der Waals surface area contributed by atoms with Gasteiger partial charge in [-0.2, -0.15) is 0 Å². The molecule has 2 atom stereocenters. The molecule has 0 radical (unpaired) electrons. The van der Waals surface area contributed by atoms with Gasteiger partial charge in [-0.1, -0.05) is 12.1 Å². The highest BCUT2D eigenvalue weighted by Crippen LogP contribution is 2.36. The Bertz CT molecular complexity index is 641. The Balaban J connectivity index is 2.03. The lowest BCUT2D eigenvalue weighted by atomic mass is 9.98. The number of nitrogens with zero attached hydrogens (tertiary/aromatic N) is 2. The van der Waals surface area contributed by atoms with Crippen molar-refractivity contribution < 1.29 is 0 Å². The fourth-order valence-electron chi connectivity index (χ4n) is 3.64. The Morgan fingerprint density at radius 2 is 2.00 bits per heavy atom. The van der Waals surface area contributed by atoms with E-state index in [9.17, 15) is 0 Å². The SMILES string of the molecule is Cc1c(C)n(C)c2cc(C3CC(CN)CN3C)ccc12. The first-order valence-electron chi connectivity index (χ1n) is 7.48. The van der Waals surface area contributed by atoms with Crippen LogP contribution < -0.4 is 5.73 Å². The maximum absolute atomic E-state index is 5.84. The molecule has 2 aromatic rings. The van der Waals surface area contributed by atoms with Gasteiger partial charge in [0.2, 0.25) is 0 Å². The number of fused-ring (bicyclic) bond motifs is 1. The summed E-state index contributed by atoms with van der Waals surface area (Å²) in [4.78, 5) is 2.45. The molecule has 0 spiro atoms. The summed E-state index contributed by atoms with van der Waals surface area (Å²) in [6.07, 6.45) is 1.18. The Kier molecular flexibility index (Phi) is 3.35. The van der Waals surface area contributed by atoms with Crippen molar-refractivity contribution in [2.45, 2.75) is 26.3 Å². The van der Waals surface area contributed by atoms with E-state index in [1.54, 1.807) is 0 Å². The van der Waals surface area contributed by atoms with Gasteiger partial charge in [-0.05, 0) is 57.0 Å². The van der Waals surface area contributed by atoms with Crippen LogP contribution in [0.15, 0.2) is 18.2 Å². The van der Waals surface area contributed by atoms with Crippen LogP contribution in [0.5, 0.6) is 0 Å². The van der Waals surface area contributed by atoms with Crippen molar-refractivity contribution >= 4 is 10.9 Å². The zero-order valence-corrected chi connectivity index (χ0v) is 13.0. The van der Waals surface area contributed by atoms with Gasteiger partial charge >= 0.3 is 0 Å². The molecular formula is C17H25N3. The van der Waals surface area contributed by atoms with Crippen molar-refractivity contribution in [1.29, 1.82) is 0 Å². The summed E-state index contributed by atoms with van der Waals surface area (Å²) in [6.45, 7) is 6.32. The third-order valence-corrected chi connectivity index (χ3v) is 5.19. The maximum atomic E-state index is 5.84. The van der Waals surface area contributed by atoms with Crippen molar-refractivity contribution in [2.75, 3.05) is 20.1 Å². The second kappa shape index (κ2) is 4.90. The fraction of sp³-hybridized carbons (Fsp3) is 0.529. The molecule has 0 bridgehead atoms. The van der Waals surface area contributed by atoms with Gasteiger partial charge in [0, 0.05) is 36.2 Å². The van der Waals surface area contributed by atoms with Gasteiger partial charge in [0.1, 0.15) is 0 Å². The second-order valence-electron chi connectivity index (χ2n) is 6.34. The van der Waals surface area contributed by atoms with Crippen molar-refractivity contribution in [1.82, 2.24) is 9.47 Å². The monoisotopic (exact) mass is 271 g/mol. The summed E-state index contributed by atoms with van der Waals surface area (Å²) < 4.78 is 2.31. The molecule has 1 aromatic heterocycles. The average molecular weight is 271 g/mol. The van der Waals surface area contributed by atoms with E-state index in [4.69, 9.17) is 5.73 Å². The average Bonchev–Trinajstić information content (AvgIpc) is 2.93. The van der Waals surface area contributed by atoms with Gasteiger partial charge in [0.05, 0.1) is 0 Å². The number of hydrogen-bond donors (Lipinski definition) is 1. The summed E-state index contributed by atoms with van der Waals surface area (Å²) >= 11 is 0. The molecule has 1 saturated heterocycles. The number of rotatable bonds is 2. The highest BCUT2D eigenvalue weighted by Gasteiger charge is 2.29. The molecule has 0 aliphatic carbocycles. The summed E-state index contributed by atoms with van der Waals surface area (Å²) in [5, 5.41) is 1.38. The topological polar surface area (TPSA) is 34.2 Å². The first-order chi connectivity index (χ1) is 9.52. The van der Waals surface area contributed by atoms with Crippen LogP contribution in [-0.2, 0) is 7.05 Å². The summed E-state index contributed by atoms with van der Waals surface area (Å²) in [6, 6.07) is 7.48. The lowest BCUT2D eigenvalue weighted by Gasteiger charge is -2.19. The zero-order valence-electron chi connectivity index (χ0n) is 13.0. The second-order valence-corrected chi connectivity index (χ2v) is 6.34. The molecule has 3 heteroatoms. The molecular weight excluding hydrogens is 246 g/mol. The van der Waals surface area contributed by atoms with Crippen LogP contribution in [0.2, 0.25) is 0 Å². The van der Waals surface area contributed by atoms with Gasteiger partial charge in [-0.25, -0.2) is 0 Å². The van der Waals surface area contributed by atoms with Crippen molar-refractivity contribution in [3.63, 3.8) is 0 Å². The Morgan fingerprint density at radius 1 is 1.25 bits per heavy atom. The van der Waals surface area contributed by atoms with Crippen molar-refractivity contribution in [3.8, 4) is 0 Å². The van der Waals surface area contributed by atoms with Gasteiger partial charge in [0.25, 0.3) is 0 Å². The Hall–Kier alpha value is -1.32. The minimum Gasteiger partial charge on any atom is -0.348 e. The Labute approximate surface area is 121 Å². The fourth-order valence-corrected chi connectivity index (χ4v) is 3.64. The molecule has 3 rings (SSSR count). The number of likely N-dealkylation sites (tertiary alicyclic amines) is 1. The number of aryl methyl sites for hydroxylation is 2. The van der Waals surface area contributed by atoms with E-state index in [-0.39, 0.29) is 0 Å². The molecule has 2 heterocycles. The molecule has 108 valence electrons. The van der Waals surface area contributed by atoms with Crippen molar-refractivity contribution in [2.24, 2.45) is 18.7 Å². The minimum absolute atomic E-state index is 0.517. The van der Waals surface area contributed by atoms with E-state index in [0.29, 0.717) is 12.0 Å². The van der Waals surface area contributed by atoms with E-state index in [0.717, 1.165) is 13.1 Å². The van der Waals surface area contributed by atoms with Gasteiger partial charge < -0.3 is 10.3 Å². The lowest BCUT2D eigenvalue weighted by molar-refractivity contribution is 0.314. The zero-order chi connectivity index (χ0) is 14.4. The van der Waals surface area contributed by atoms with Crippen LogP contribution in [0.1, 0.15) is 29.3 Å². The molecule has 0 saturated carbocycles. The van der Waals surface area contributed by atoms with Crippen LogP contribution in [0.4, 0.5) is 0 Å². The molecule has 1 aromatic carbocycles. The normalized spacial score (nSPS) is 23.9. The maximum Gasteiger partial charge on any atom is 0.0485 e. The molecule has 2 unspecified atom stereocenters. The standard InChI is InChI=1S/C17H25N3/c1-11-12(2)20(4)17-8-14(5-6-15(11)17)16-7-13(9-18)10-19(16)3/h5-6,8,13,16H,7,9-10,18H2,1-4H3. The van der Waals surface area contributed by atoms with Gasteiger partial charge in [0.15, 0.2) is 0 Å². The van der Waals surface area contributed by atoms with E-state index in [1.165, 1.54) is 34.1 Å². The minimum atomic E-state index is 0.517. The van der Waals surface area contributed by atoms with Gasteiger partial charge in [-0.15, -0.1) is 0 Å². The predicted molar refractivity (Wildman–Crippen MR) is 84.9 cm³/mol. The third-order valence-electron chi connectivity index (χ3n) is 5.19. The first-order valence-corrected chi connectivity index (χ1v) is 7.48. The molecule has 1 aliphatic rings. The van der Waals surface area contributed by atoms with Crippen LogP contribution in [0, 0.1) is 19.8 Å². The molecule has 0 amide bonds. The van der Waals surface area contributed by atoms with Crippen LogP contribution >= 0.6 is 0 Å². The molecule has 1 aliphatic heterocycles. The van der Waals surface area contributed by atoms with Crippen LogP contribution in [0.3, 0.4) is 0 Å². The number of benzene rings is 1. The number of aromatic nitrogens is 1. The molecule has 1 fully saturated rings. The molecule has 3 nitrogen and oxygen atoms in total. The summed E-state index contributed by atoms with van der Waals surface area (Å²) in [5.41, 5.74) is 11.4. The summed E-state index contributed by atoms with van der Waals surface area (Å²) in [5.74, 6) is 0.637. The van der Waals surface area contributed by atoms with E-state index < -0.39 is 0 Å². The highest BCUT2D eigenvalue weighted by molar-refractivity contribution is 5.85. The lowest BCUT2D eigenvalue weighted by Crippen LogP contribution is -2.20. The highest BCUT2D eigenvalue weighted by atomic mass is 15.2.